The second kappa shape index (κ2) is 4.20. The van der Waals surface area contributed by atoms with Crippen LogP contribution in [0, 0.1) is 0 Å². The average molecular weight is 245 g/mol. The van der Waals surface area contributed by atoms with Crippen molar-refractivity contribution in [2.45, 2.75) is 44.9 Å². The summed E-state index contributed by atoms with van der Waals surface area (Å²) >= 11 is 0. The Balaban J connectivity index is 2.34. The van der Waals surface area contributed by atoms with E-state index in [2.05, 4.69) is 4.98 Å². The zero-order valence-corrected chi connectivity index (χ0v) is 9.71. The average Bonchev–Trinajstić information content (AvgIpc) is 2.99. The zero-order valence-electron chi connectivity index (χ0n) is 9.71. The van der Waals surface area contributed by atoms with Gasteiger partial charge in [0.05, 0.1) is 6.10 Å². The van der Waals surface area contributed by atoms with Crippen molar-refractivity contribution in [2.75, 3.05) is 0 Å². The van der Waals surface area contributed by atoms with E-state index in [9.17, 15) is 13.2 Å². The van der Waals surface area contributed by atoms with Gasteiger partial charge in [-0.05, 0) is 18.8 Å². The van der Waals surface area contributed by atoms with Gasteiger partial charge < -0.3 is 4.74 Å². The fraction of sp³-hybridized carbons (Fsp3) is 0.583. The summed E-state index contributed by atoms with van der Waals surface area (Å²) in [6.45, 7) is 3.62. The van der Waals surface area contributed by atoms with Crippen LogP contribution in [-0.2, 0) is 6.18 Å². The Morgan fingerprint density at radius 2 is 1.94 bits per heavy atom. The van der Waals surface area contributed by atoms with Crippen LogP contribution >= 0.6 is 0 Å². The summed E-state index contributed by atoms with van der Waals surface area (Å²) < 4.78 is 43.4. The number of halogens is 3. The molecule has 0 amide bonds. The molecule has 2 nitrogen and oxygen atoms in total. The highest BCUT2D eigenvalue weighted by Crippen LogP contribution is 2.34. The molecule has 94 valence electrons. The third kappa shape index (κ3) is 3.11. The summed E-state index contributed by atoms with van der Waals surface area (Å²) in [5, 5.41) is 0. The summed E-state index contributed by atoms with van der Waals surface area (Å²) in [6, 6.07) is 2.57. The van der Waals surface area contributed by atoms with Crippen molar-refractivity contribution < 1.29 is 17.9 Å². The lowest BCUT2D eigenvalue weighted by molar-refractivity contribution is -0.141. The van der Waals surface area contributed by atoms with E-state index < -0.39 is 11.9 Å². The van der Waals surface area contributed by atoms with Crippen molar-refractivity contribution >= 4 is 0 Å². The lowest BCUT2D eigenvalue weighted by atomic mass is 10.1. The summed E-state index contributed by atoms with van der Waals surface area (Å²) in [6.07, 6.45) is -2.51. The number of hydrogen-bond acceptors (Lipinski definition) is 2. The van der Waals surface area contributed by atoms with Crippen molar-refractivity contribution in [1.82, 2.24) is 4.98 Å². The van der Waals surface area contributed by atoms with Crippen molar-refractivity contribution in [3.05, 3.63) is 23.5 Å². The van der Waals surface area contributed by atoms with Crippen LogP contribution in [0.5, 0.6) is 5.75 Å². The molecule has 2 rings (SSSR count). The Bertz CT molecular complexity index is 411. The lowest BCUT2D eigenvalue weighted by Gasteiger charge is -2.13. The Morgan fingerprint density at radius 1 is 1.29 bits per heavy atom. The molecular weight excluding hydrogens is 231 g/mol. The van der Waals surface area contributed by atoms with Crippen LogP contribution in [0.4, 0.5) is 13.2 Å². The molecule has 0 bridgehead atoms. The minimum atomic E-state index is -4.42. The van der Waals surface area contributed by atoms with Gasteiger partial charge in [0.2, 0.25) is 0 Å². The monoisotopic (exact) mass is 245 g/mol. The van der Waals surface area contributed by atoms with Gasteiger partial charge in [-0.15, -0.1) is 0 Å². The molecule has 17 heavy (non-hydrogen) atoms. The van der Waals surface area contributed by atoms with Gasteiger partial charge in [0.25, 0.3) is 0 Å². The lowest BCUT2D eigenvalue weighted by Crippen LogP contribution is -2.11. The SMILES string of the molecule is CC(C)c1cc(OC2CC2)cc(C(F)(F)F)n1. The molecule has 1 aromatic heterocycles. The molecule has 0 aliphatic heterocycles. The molecule has 0 aromatic carbocycles. The second-order valence-corrected chi connectivity index (χ2v) is 4.58. The number of hydrogen-bond donors (Lipinski definition) is 0. The number of pyridine rings is 1. The first-order chi connectivity index (χ1) is 7.86. The molecule has 0 atom stereocenters. The normalized spacial score (nSPS) is 16.4. The summed E-state index contributed by atoms with van der Waals surface area (Å²) in [4.78, 5) is 3.63. The summed E-state index contributed by atoms with van der Waals surface area (Å²) in [5.74, 6) is 0.220. The van der Waals surface area contributed by atoms with Crippen LogP contribution in [0.3, 0.4) is 0 Å². The van der Waals surface area contributed by atoms with E-state index in [1.54, 1.807) is 6.07 Å². The quantitative estimate of drug-likeness (QED) is 0.808. The number of nitrogens with zero attached hydrogens (tertiary/aromatic N) is 1. The van der Waals surface area contributed by atoms with Crippen LogP contribution < -0.4 is 4.74 Å². The van der Waals surface area contributed by atoms with Crippen molar-refractivity contribution in [2.24, 2.45) is 0 Å². The van der Waals surface area contributed by atoms with Gasteiger partial charge in [-0.25, -0.2) is 4.98 Å². The molecule has 0 N–H and O–H groups in total. The van der Waals surface area contributed by atoms with E-state index in [1.165, 1.54) is 0 Å². The van der Waals surface area contributed by atoms with Gasteiger partial charge in [-0.1, -0.05) is 13.8 Å². The Labute approximate surface area is 97.8 Å². The fourth-order valence-electron chi connectivity index (χ4n) is 1.41. The molecule has 1 aliphatic carbocycles. The molecule has 1 aromatic rings. The van der Waals surface area contributed by atoms with Gasteiger partial charge in [-0.3, -0.25) is 0 Å². The molecule has 1 saturated carbocycles. The van der Waals surface area contributed by atoms with Gasteiger partial charge in [0, 0.05) is 17.8 Å². The Kier molecular flexibility index (Phi) is 3.02. The molecule has 5 heteroatoms. The molecule has 1 fully saturated rings. The molecule has 1 heterocycles. The van der Waals surface area contributed by atoms with E-state index in [-0.39, 0.29) is 17.8 Å². The maximum atomic E-state index is 12.6. The van der Waals surface area contributed by atoms with Crippen LogP contribution in [0.25, 0.3) is 0 Å². The standard InChI is InChI=1S/C12H14F3NO/c1-7(2)10-5-9(17-8-3-4-8)6-11(16-10)12(13,14)15/h5-8H,3-4H2,1-2H3. The minimum Gasteiger partial charge on any atom is -0.490 e. The van der Waals surface area contributed by atoms with Gasteiger partial charge in [-0.2, -0.15) is 13.2 Å². The van der Waals surface area contributed by atoms with Crippen molar-refractivity contribution in [1.29, 1.82) is 0 Å². The fourth-order valence-corrected chi connectivity index (χ4v) is 1.41. The number of rotatable bonds is 3. The van der Waals surface area contributed by atoms with Crippen LogP contribution in [-0.4, -0.2) is 11.1 Å². The van der Waals surface area contributed by atoms with E-state index in [0.29, 0.717) is 5.69 Å². The van der Waals surface area contributed by atoms with E-state index in [4.69, 9.17) is 4.74 Å². The molecule has 0 saturated heterocycles. The minimum absolute atomic E-state index is 0.0566. The highest BCUT2D eigenvalue weighted by atomic mass is 19.4. The smallest absolute Gasteiger partial charge is 0.433 e. The molecule has 1 aliphatic rings. The largest absolute Gasteiger partial charge is 0.490 e. The molecule has 0 radical (unpaired) electrons. The number of ether oxygens (including phenoxy) is 1. The maximum Gasteiger partial charge on any atom is 0.433 e. The third-order valence-corrected chi connectivity index (χ3v) is 2.53. The molecular formula is C12H14F3NO. The van der Waals surface area contributed by atoms with Gasteiger partial charge >= 0.3 is 6.18 Å². The third-order valence-electron chi connectivity index (χ3n) is 2.53. The highest BCUT2D eigenvalue weighted by Gasteiger charge is 2.34. The predicted molar refractivity (Wildman–Crippen MR) is 57.0 cm³/mol. The number of aromatic nitrogens is 1. The molecule has 0 spiro atoms. The first-order valence-electron chi connectivity index (χ1n) is 5.62. The zero-order chi connectivity index (χ0) is 12.6. The second-order valence-electron chi connectivity index (χ2n) is 4.58. The van der Waals surface area contributed by atoms with E-state index in [0.717, 1.165) is 18.9 Å². The van der Waals surface area contributed by atoms with Crippen molar-refractivity contribution in [3.63, 3.8) is 0 Å². The summed E-state index contributed by atoms with van der Waals surface area (Å²) in [5.41, 5.74) is -0.463. The van der Waals surface area contributed by atoms with Crippen molar-refractivity contribution in [3.8, 4) is 5.75 Å². The van der Waals surface area contributed by atoms with Crippen LogP contribution in [0.15, 0.2) is 12.1 Å². The van der Waals surface area contributed by atoms with Gasteiger partial charge in [0.1, 0.15) is 11.4 Å². The Morgan fingerprint density at radius 3 is 2.41 bits per heavy atom. The van der Waals surface area contributed by atoms with E-state index in [1.807, 2.05) is 13.8 Å². The number of alkyl halides is 3. The summed E-state index contributed by atoms with van der Waals surface area (Å²) in [7, 11) is 0. The Hall–Kier alpha value is -1.26. The van der Waals surface area contributed by atoms with E-state index >= 15 is 0 Å². The van der Waals surface area contributed by atoms with Gasteiger partial charge in [0.15, 0.2) is 0 Å². The first kappa shape index (κ1) is 12.2. The van der Waals surface area contributed by atoms with Crippen LogP contribution in [0.2, 0.25) is 0 Å². The maximum absolute atomic E-state index is 12.6. The first-order valence-corrected chi connectivity index (χ1v) is 5.62. The van der Waals surface area contributed by atoms with Crippen LogP contribution in [0.1, 0.15) is 44.0 Å². The topological polar surface area (TPSA) is 22.1 Å². The highest BCUT2D eigenvalue weighted by molar-refractivity contribution is 5.30. The molecule has 0 unspecified atom stereocenters. The predicted octanol–water partition coefficient (Wildman–Crippen LogP) is 3.77.